The lowest BCUT2D eigenvalue weighted by atomic mass is 10.1. The lowest BCUT2D eigenvalue weighted by Crippen LogP contribution is -2.43. The van der Waals surface area contributed by atoms with E-state index in [4.69, 9.17) is 0 Å². The molecular weight excluding hydrogens is 350 g/mol. The fraction of sp³-hybridized carbons (Fsp3) is 0.778. The summed E-state index contributed by atoms with van der Waals surface area (Å²) in [6, 6.07) is 0.147. The zero-order chi connectivity index (χ0) is 20.1. The minimum atomic E-state index is -3.17. The van der Waals surface area contributed by atoms with Gasteiger partial charge in [0.15, 0.2) is 15.8 Å². The number of guanidine groups is 1. The van der Waals surface area contributed by atoms with Crippen molar-refractivity contribution in [3.05, 3.63) is 17.0 Å². The fourth-order valence-electron chi connectivity index (χ4n) is 2.61. The third kappa shape index (κ3) is 6.00. The Labute approximate surface area is 158 Å². The maximum Gasteiger partial charge on any atom is 0.191 e. The van der Waals surface area contributed by atoms with Gasteiger partial charge in [-0.1, -0.05) is 0 Å². The topological polar surface area (TPSA) is 88.4 Å². The van der Waals surface area contributed by atoms with Gasteiger partial charge in [0.25, 0.3) is 0 Å². The highest BCUT2D eigenvalue weighted by Crippen LogP contribution is 2.16. The zero-order valence-corrected chi connectivity index (χ0v) is 18.3. The first-order chi connectivity index (χ1) is 11.9. The van der Waals surface area contributed by atoms with Crippen molar-refractivity contribution in [2.75, 3.05) is 18.8 Å². The van der Waals surface area contributed by atoms with Gasteiger partial charge < -0.3 is 10.6 Å². The van der Waals surface area contributed by atoms with E-state index in [1.807, 2.05) is 25.6 Å². The first kappa shape index (κ1) is 22.5. The minimum Gasteiger partial charge on any atom is -0.357 e. The molecule has 1 aromatic rings. The van der Waals surface area contributed by atoms with Crippen molar-refractivity contribution in [3.63, 3.8) is 0 Å². The Balaban J connectivity index is 2.75. The number of hydrogen-bond donors (Lipinski definition) is 2. The molecule has 0 aliphatic rings. The van der Waals surface area contributed by atoms with Crippen LogP contribution in [0.3, 0.4) is 0 Å². The Kier molecular flexibility index (Phi) is 7.68. The van der Waals surface area contributed by atoms with Gasteiger partial charge in [0.1, 0.15) is 0 Å². The van der Waals surface area contributed by atoms with Crippen LogP contribution in [0.5, 0.6) is 0 Å². The molecule has 0 aliphatic carbocycles. The van der Waals surface area contributed by atoms with E-state index in [0.29, 0.717) is 5.96 Å². The lowest BCUT2D eigenvalue weighted by molar-refractivity contribution is 0.560. The normalized spacial score (nSPS) is 14.4. The third-order valence-electron chi connectivity index (χ3n) is 4.46. The monoisotopic (exact) mass is 385 g/mol. The lowest BCUT2D eigenvalue weighted by Gasteiger charge is -2.20. The molecule has 1 aromatic heterocycles. The Hall–Kier alpha value is -1.57. The Bertz CT molecular complexity index is 729. The number of aliphatic imine (C=N–C) groups is 1. The van der Waals surface area contributed by atoms with Gasteiger partial charge in [-0.05, 0) is 60.5 Å². The van der Waals surface area contributed by atoms with Gasteiger partial charge in [-0.25, -0.2) is 8.42 Å². The van der Waals surface area contributed by atoms with Crippen LogP contribution in [0.25, 0.3) is 0 Å². The van der Waals surface area contributed by atoms with E-state index in [1.165, 1.54) is 5.56 Å². The number of nitrogens with one attached hydrogen (secondary N) is 2. The van der Waals surface area contributed by atoms with Crippen LogP contribution in [0.4, 0.5) is 0 Å². The maximum atomic E-state index is 12.2. The SMILES string of the molecule is CCNC(=NCCS(=O)(=O)C(C)(C)C)NC(C)Cc1c(C)nn(C)c1C. The van der Waals surface area contributed by atoms with Gasteiger partial charge in [0.2, 0.25) is 0 Å². The fourth-order valence-corrected chi connectivity index (χ4v) is 3.55. The summed E-state index contributed by atoms with van der Waals surface area (Å²) in [6.07, 6.45) is 0.830. The van der Waals surface area contributed by atoms with Crippen LogP contribution >= 0.6 is 0 Å². The van der Waals surface area contributed by atoms with E-state index in [2.05, 4.69) is 34.6 Å². The molecular formula is C18H35N5O2S. The number of aryl methyl sites for hydroxylation is 2. The van der Waals surface area contributed by atoms with E-state index in [0.717, 1.165) is 24.4 Å². The summed E-state index contributed by atoms with van der Waals surface area (Å²) in [4.78, 5) is 4.44. The number of nitrogens with zero attached hydrogens (tertiary/aromatic N) is 3. The minimum absolute atomic E-state index is 0.0439. The van der Waals surface area contributed by atoms with E-state index in [9.17, 15) is 8.42 Å². The second kappa shape index (κ2) is 8.88. The molecule has 1 atom stereocenters. The van der Waals surface area contributed by atoms with Crippen LogP contribution in [0.1, 0.15) is 51.6 Å². The van der Waals surface area contributed by atoms with Crippen molar-refractivity contribution >= 4 is 15.8 Å². The number of sulfone groups is 1. The summed E-state index contributed by atoms with van der Waals surface area (Å²) in [7, 11) is -1.22. The summed E-state index contributed by atoms with van der Waals surface area (Å²) in [5.74, 6) is 0.686. The highest BCUT2D eigenvalue weighted by molar-refractivity contribution is 7.92. The molecule has 0 aliphatic heterocycles. The summed E-state index contributed by atoms with van der Waals surface area (Å²) in [5, 5.41) is 11.0. The molecule has 1 unspecified atom stereocenters. The van der Waals surface area contributed by atoms with Crippen LogP contribution < -0.4 is 10.6 Å². The number of hydrogen-bond acceptors (Lipinski definition) is 4. The van der Waals surface area contributed by atoms with Crippen molar-refractivity contribution < 1.29 is 8.42 Å². The highest BCUT2D eigenvalue weighted by atomic mass is 32.2. The Morgan fingerprint density at radius 2 is 1.92 bits per heavy atom. The summed E-state index contributed by atoms with van der Waals surface area (Å²) < 4.78 is 25.6. The summed E-state index contributed by atoms with van der Waals surface area (Å²) in [5.41, 5.74) is 3.44. The van der Waals surface area contributed by atoms with Gasteiger partial charge >= 0.3 is 0 Å². The molecule has 0 fully saturated rings. The standard InChI is InChI=1S/C18H35N5O2S/c1-9-19-17(20-10-11-26(24,25)18(5,6)7)21-13(2)12-16-14(3)22-23(8)15(16)4/h13H,9-12H2,1-8H3,(H2,19,20,21). The smallest absolute Gasteiger partial charge is 0.191 e. The summed E-state index contributed by atoms with van der Waals surface area (Å²) >= 11 is 0. The summed E-state index contributed by atoms with van der Waals surface area (Å²) in [6.45, 7) is 14.3. The molecule has 2 N–H and O–H groups in total. The number of aromatic nitrogens is 2. The van der Waals surface area contributed by atoms with Gasteiger partial charge in [-0.15, -0.1) is 0 Å². The highest BCUT2D eigenvalue weighted by Gasteiger charge is 2.28. The molecule has 1 heterocycles. The molecule has 0 aromatic carbocycles. The average Bonchev–Trinajstić information content (AvgIpc) is 2.72. The van der Waals surface area contributed by atoms with Crippen LogP contribution in [-0.4, -0.2) is 53.8 Å². The second-order valence-electron chi connectivity index (χ2n) is 7.71. The van der Waals surface area contributed by atoms with Gasteiger partial charge in [-0.2, -0.15) is 5.10 Å². The van der Waals surface area contributed by atoms with Crippen LogP contribution in [0.15, 0.2) is 4.99 Å². The molecule has 8 heteroatoms. The van der Waals surface area contributed by atoms with Crippen molar-refractivity contribution in [1.29, 1.82) is 0 Å². The van der Waals surface area contributed by atoms with Gasteiger partial charge in [0.05, 0.1) is 22.7 Å². The van der Waals surface area contributed by atoms with Gasteiger partial charge in [-0.3, -0.25) is 9.67 Å². The second-order valence-corrected chi connectivity index (χ2v) is 10.6. The largest absolute Gasteiger partial charge is 0.357 e. The molecule has 150 valence electrons. The molecule has 0 saturated carbocycles. The predicted octanol–water partition coefficient (Wildman–Crippen LogP) is 1.74. The van der Waals surface area contributed by atoms with Crippen molar-refractivity contribution in [2.24, 2.45) is 12.0 Å². The van der Waals surface area contributed by atoms with E-state index in [-0.39, 0.29) is 18.3 Å². The van der Waals surface area contributed by atoms with Crippen LogP contribution in [0.2, 0.25) is 0 Å². The van der Waals surface area contributed by atoms with Gasteiger partial charge in [0, 0.05) is 25.3 Å². The predicted molar refractivity (Wildman–Crippen MR) is 109 cm³/mol. The third-order valence-corrected chi connectivity index (χ3v) is 7.05. The molecule has 1 rings (SSSR count). The van der Waals surface area contributed by atoms with Crippen LogP contribution in [-0.2, 0) is 23.3 Å². The first-order valence-electron chi connectivity index (χ1n) is 9.15. The molecule has 0 spiro atoms. The molecule has 7 nitrogen and oxygen atoms in total. The molecule has 0 radical (unpaired) electrons. The van der Waals surface area contributed by atoms with Crippen molar-refractivity contribution in [2.45, 2.75) is 65.7 Å². The van der Waals surface area contributed by atoms with E-state index in [1.54, 1.807) is 20.8 Å². The Morgan fingerprint density at radius 3 is 2.38 bits per heavy atom. The molecule has 0 bridgehead atoms. The van der Waals surface area contributed by atoms with E-state index >= 15 is 0 Å². The Morgan fingerprint density at radius 1 is 1.31 bits per heavy atom. The molecule has 0 saturated heterocycles. The number of rotatable bonds is 7. The molecule has 0 amide bonds. The zero-order valence-electron chi connectivity index (χ0n) is 17.5. The van der Waals surface area contributed by atoms with E-state index < -0.39 is 14.6 Å². The quantitative estimate of drug-likeness (QED) is 0.551. The average molecular weight is 386 g/mol. The van der Waals surface area contributed by atoms with Crippen molar-refractivity contribution in [3.8, 4) is 0 Å². The molecule has 26 heavy (non-hydrogen) atoms. The van der Waals surface area contributed by atoms with Crippen LogP contribution in [0, 0.1) is 13.8 Å². The maximum absolute atomic E-state index is 12.2. The first-order valence-corrected chi connectivity index (χ1v) is 10.8. The van der Waals surface area contributed by atoms with Crippen molar-refractivity contribution in [1.82, 2.24) is 20.4 Å².